The van der Waals surface area contributed by atoms with Crippen molar-refractivity contribution in [3.63, 3.8) is 0 Å². The highest BCUT2D eigenvalue weighted by molar-refractivity contribution is 7.11. The van der Waals surface area contributed by atoms with Gasteiger partial charge in [-0.3, -0.25) is 0 Å². The molecule has 1 aliphatic rings. The summed E-state index contributed by atoms with van der Waals surface area (Å²) in [6.45, 7) is 2.60. The number of fused-ring (bicyclic) bond motifs is 1. The van der Waals surface area contributed by atoms with Crippen LogP contribution in [0.5, 0.6) is 0 Å². The Hall–Kier alpha value is -1.30. The fourth-order valence-corrected chi connectivity index (χ4v) is 4.04. The Balaban J connectivity index is 1.64. The molecule has 0 fully saturated rings. The molecule has 0 radical (unpaired) electrons. The van der Waals surface area contributed by atoms with Crippen LogP contribution in [0.4, 0.5) is 4.39 Å². The van der Waals surface area contributed by atoms with E-state index >= 15 is 0 Å². The van der Waals surface area contributed by atoms with Gasteiger partial charge in [-0.25, -0.2) is 9.37 Å². The summed E-state index contributed by atoms with van der Waals surface area (Å²) < 4.78 is 12.9. The first-order valence-electron chi connectivity index (χ1n) is 7.82. The highest BCUT2D eigenvalue weighted by atomic mass is 32.1. The van der Waals surface area contributed by atoms with Gasteiger partial charge in [-0.1, -0.05) is 19.1 Å². The zero-order valence-corrected chi connectivity index (χ0v) is 13.5. The van der Waals surface area contributed by atoms with Gasteiger partial charge in [0.2, 0.25) is 0 Å². The number of thiazole rings is 1. The zero-order valence-electron chi connectivity index (χ0n) is 12.7. The molecule has 2 atom stereocenters. The van der Waals surface area contributed by atoms with Gasteiger partial charge in [-0.05, 0) is 43.4 Å². The second-order valence-corrected chi connectivity index (χ2v) is 6.81. The third-order valence-corrected chi connectivity index (χ3v) is 5.47. The average Bonchev–Trinajstić information content (AvgIpc) is 2.97. The Labute approximate surface area is 134 Å². The molecule has 118 valence electrons. The number of hydrogen-bond acceptors (Lipinski definition) is 4. The molecule has 0 spiro atoms. The van der Waals surface area contributed by atoms with Gasteiger partial charge in [0.05, 0.1) is 16.8 Å². The monoisotopic (exact) mass is 320 g/mol. The molecule has 3 rings (SSSR count). The average molecular weight is 320 g/mol. The van der Waals surface area contributed by atoms with Crippen molar-refractivity contribution in [1.82, 2.24) is 10.3 Å². The lowest BCUT2D eigenvalue weighted by molar-refractivity contribution is 0.168. The number of nitrogens with one attached hydrogen (secondary N) is 1. The normalized spacial score (nSPS) is 19.0. The first kappa shape index (κ1) is 15.6. The van der Waals surface area contributed by atoms with Gasteiger partial charge < -0.3 is 10.4 Å². The maximum atomic E-state index is 12.9. The minimum Gasteiger partial charge on any atom is -0.387 e. The number of aliphatic hydroxyl groups is 1. The van der Waals surface area contributed by atoms with E-state index in [4.69, 9.17) is 0 Å². The van der Waals surface area contributed by atoms with Crippen molar-refractivity contribution >= 4 is 11.3 Å². The van der Waals surface area contributed by atoms with Gasteiger partial charge in [0.1, 0.15) is 5.82 Å². The Morgan fingerprint density at radius 3 is 2.91 bits per heavy atom. The molecule has 1 heterocycles. The Bertz CT molecular complexity index is 626. The van der Waals surface area contributed by atoms with Crippen LogP contribution >= 0.6 is 11.3 Å². The van der Waals surface area contributed by atoms with Crippen LogP contribution in [0.25, 0.3) is 0 Å². The summed E-state index contributed by atoms with van der Waals surface area (Å²) in [4.78, 5) is 6.02. The number of nitrogens with zero attached hydrogens (tertiary/aromatic N) is 1. The lowest BCUT2D eigenvalue weighted by Gasteiger charge is -2.24. The second kappa shape index (κ2) is 6.86. The molecule has 22 heavy (non-hydrogen) atoms. The maximum absolute atomic E-state index is 12.9. The lowest BCUT2D eigenvalue weighted by atomic mass is 9.97. The number of rotatable bonds is 5. The van der Waals surface area contributed by atoms with E-state index in [2.05, 4.69) is 17.2 Å². The fraction of sp³-hybridized carbons (Fsp3) is 0.471. The lowest BCUT2D eigenvalue weighted by Crippen LogP contribution is -2.28. The fourth-order valence-electron chi connectivity index (χ4n) is 2.87. The van der Waals surface area contributed by atoms with Crippen LogP contribution in [0.3, 0.4) is 0 Å². The van der Waals surface area contributed by atoms with Crippen molar-refractivity contribution in [3.05, 3.63) is 51.2 Å². The minimum atomic E-state index is -0.621. The number of hydrogen-bond donors (Lipinski definition) is 2. The van der Waals surface area contributed by atoms with E-state index in [1.807, 2.05) is 0 Å². The quantitative estimate of drug-likeness (QED) is 0.885. The van der Waals surface area contributed by atoms with Crippen LogP contribution in [0, 0.1) is 5.82 Å². The van der Waals surface area contributed by atoms with Crippen molar-refractivity contribution in [1.29, 1.82) is 0 Å². The van der Waals surface area contributed by atoms with E-state index < -0.39 is 6.10 Å². The van der Waals surface area contributed by atoms with E-state index in [1.165, 1.54) is 27.7 Å². The second-order valence-electron chi connectivity index (χ2n) is 5.69. The molecule has 0 saturated carbocycles. The van der Waals surface area contributed by atoms with Crippen molar-refractivity contribution in [2.75, 3.05) is 6.54 Å². The van der Waals surface area contributed by atoms with Gasteiger partial charge in [0.25, 0.3) is 0 Å². The number of benzene rings is 1. The first-order chi connectivity index (χ1) is 10.7. The van der Waals surface area contributed by atoms with Gasteiger partial charge >= 0.3 is 0 Å². The van der Waals surface area contributed by atoms with E-state index in [-0.39, 0.29) is 11.9 Å². The van der Waals surface area contributed by atoms with Gasteiger partial charge in [0, 0.05) is 17.5 Å². The van der Waals surface area contributed by atoms with Crippen molar-refractivity contribution in [3.8, 4) is 0 Å². The standard InChI is InChI=1S/C17H21FN2OS/c1-2-16-20-14-5-3-4-13(17(14)22-16)19-10-15(21)11-6-8-12(18)9-7-11/h6-9,13,15,19,21H,2-5,10H2,1H3. The number of aromatic nitrogens is 1. The topological polar surface area (TPSA) is 45.2 Å². The van der Waals surface area contributed by atoms with Crippen molar-refractivity contribution in [2.45, 2.75) is 44.8 Å². The van der Waals surface area contributed by atoms with Gasteiger partial charge in [-0.2, -0.15) is 0 Å². The zero-order chi connectivity index (χ0) is 15.5. The van der Waals surface area contributed by atoms with E-state index in [0.29, 0.717) is 6.54 Å². The summed E-state index contributed by atoms with van der Waals surface area (Å²) in [7, 11) is 0. The van der Waals surface area contributed by atoms with Crippen LogP contribution in [0.1, 0.15) is 53.1 Å². The largest absolute Gasteiger partial charge is 0.387 e. The molecule has 0 bridgehead atoms. The van der Waals surface area contributed by atoms with E-state index in [0.717, 1.165) is 31.2 Å². The van der Waals surface area contributed by atoms with Crippen LogP contribution < -0.4 is 5.32 Å². The van der Waals surface area contributed by atoms with Gasteiger partial charge in [0.15, 0.2) is 0 Å². The highest BCUT2D eigenvalue weighted by Gasteiger charge is 2.24. The molecular formula is C17H21FN2OS. The van der Waals surface area contributed by atoms with Crippen LogP contribution in [-0.4, -0.2) is 16.6 Å². The predicted octanol–water partition coefficient (Wildman–Crippen LogP) is 3.55. The van der Waals surface area contributed by atoms with Crippen LogP contribution in [-0.2, 0) is 12.8 Å². The molecular weight excluding hydrogens is 299 g/mol. The summed E-state index contributed by atoms with van der Waals surface area (Å²) in [6.07, 6.45) is 3.62. The molecule has 2 unspecified atom stereocenters. The SMILES string of the molecule is CCc1nc2c(s1)C(NCC(O)c1ccc(F)cc1)CCC2. The molecule has 2 N–H and O–H groups in total. The summed E-state index contributed by atoms with van der Waals surface area (Å²) in [5, 5.41) is 14.9. The molecule has 5 heteroatoms. The minimum absolute atomic E-state index is 0.275. The third-order valence-electron chi connectivity index (χ3n) is 4.11. The predicted molar refractivity (Wildman–Crippen MR) is 86.5 cm³/mol. The smallest absolute Gasteiger partial charge is 0.123 e. The molecule has 1 aromatic heterocycles. The first-order valence-corrected chi connectivity index (χ1v) is 8.64. The van der Waals surface area contributed by atoms with Gasteiger partial charge in [-0.15, -0.1) is 11.3 Å². The van der Waals surface area contributed by atoms with Crippen molar-refractivity contribution in [2.24, 2.45) is 0 Å². The summed E-state index contributed by atoms with van der Waals surface area (Å²) in [6, 6.07) is 6.31. The molecule has 2 aromatic rings. The van der Waals surface area contributed by atoms with Crippen LogP contribution in [0.15, 0.2) is 24.3 Å². The molecule has 1 aromatic carbocycles. The van der Waals surface area contributed by atoms with E-state index in [1.54, 1.807) is 23.5 Å². The highest BCUT2D eigenvalue weighted by Crippen LogP contribution is 2.34. The number of aryl methyl sites for hydroxylation is 2. The molecule has 3 nitrogen and oxygen atoms in total. The molecule has 1 aliphatic carbocycles. The number of aliphatic hydroxyl groups excluding tert-OH is 1. The molecule has 0 saturated heterocycles. The maximum Gasteiger partial charge on any atom is 0.123 e. The Morgan fingerprint density at radius 2 is 2.18 bits per heavy atom. The van der Waals surface area contributed by atoms with Crippen LogP contribution in [0.2, 0.25) is 0 Å². The Kier molecular flexibility index (Phi) is 4.86. The summed E-state index contributed by atoms with van der Waals surface area (Å²) in [5.41, 5.74) is 1.96. The van der Waals surface area contributed by atoms with Crippen molar-refractivity contribution < 1.29 is 9.50 Å². The third kappa shape index (κ3) is 3.37. The molecule has 0 aliphatic heterocycles. The summed E-state index contributed by atoms with van der Waals surface area (Å²) in [5.74, 6) is -0.280. The molecule has 0 amide bonds. The summed E-state index contributed by atoms with van der Waals surface area (Å²) >= 11 is 1.79. The number of halogens is 1. The Morgan fingerprint density at radius 1 is 1.41 bits per heavy atom. The van der Waals surface area contributed by atoms with E-state index in [9.17, 15) is 9.50 Å².